The Hall–Kier alpha value is -2.13. The predicted molar refractivity (Wildman–Crippen MR) is 84.8 cm³/mol. The van der Waals surface area contributed by atoms with Crippen LogP contribution in [0.2, 0.25) is 0 Å². The van der Waals surface area contributed by atoms with Crippen LogP contribution in [0.4, 0.5) is 4.39 Å². The molecule has 0 bridgehead atoms. The first kappa shape index (κ1) is 13.8. The molecule has 108 valence electrons. The topological polar surface area (TPSA) is 17.0 Å². The molecule has 0 atom stereocenters. The number of nitrogens with zero attached hydrogens (tertiary/aromatic N) is 1. The molecule has 0 spiro atoms. The van der Waals surface area contributed by atoms with E-state index in [1.54, 1.807) is 12.1 Å². The molecule has 0 fully saturated rings. The van der Waals surface area contributed by atoms with E-state index in [1.165, 1.54) is 22.5 Å². The summed E-state index contributed by atoms with van der Waals surface area (Å²) in [5.74, 6) is -0.183. The number of aromatic nitrogens is 1. The average Bonchev–Trinajstić information content (AvgIpc) is 2.89. The summed E-state index contributed by atoms with van der Waals surface area (Å²) >= 11 is 0. The molecule has 1 N–H and O–H groups in total. The van der Waals surface area contributed by atoms with Gasteiger partial charge in [-0.25, -0.2) is 4.39 Å². The van der Waals surface area contributed by atoms with Crippen LogP contribution in [0.1, 0.15) is 18.1 Å². The molecule has 1 aromatic heterocycles. The van der Waals surface area contributed by atoms with Gasteiger partial charge < -0.3 is 9.88 Å². The first-order valence-electron chi connectivity index (χ1n) is 7.30. The van der Waals surface area contributed by atoms with Crippen LogP contribution >= 0.6 is 0 Å². The Morgan fingerprint density at radius 1 is 1.10 bits per heavy atom. The molecule has 21 heavy (non-hydrogen) atoms. The third-order valence-electron chi connectivity index (χ3n) is 3.68. The smallest absolute Gasteiger partial charge is 0.123 e. The fourth-order valence-electron chi connectivity index (χ4n) is 2.71. The fourth-order valence-corrected chi connectivity index (χ4v) is 2.71. The second-order valence-corrected chi connectivity index (χ2v) is 5.21. The van der Waals surface area contributed by atoms with E-state index < -0.39 is 0 Å². The van der Waals surface area contributed by atoms with Crippen molar-refractivity contribution in [2.45, 2.75) is 20.0 Å². The van der Waals surface area contributed by atoms with Crippen molar-refractivity contribution in [3.05, 3.63) is 71.7 Å². The summed E-state index contributed by atoms with van der Waals surface area (Å²) in [5.41, 5.74) is 3.48. The van der Waals surface area contributed by atoms with Gasteiger partial charge in [-0.05, 0) is 41.3 Å². The number of halogens is 1. The molecule has 0 unspecified atom stereocenters. The molecule has 0 amide bonds. The van der Waals surface area contributed by atoms with Crippen molar-refractivity contribution in [1.29, 1.82) is 0 Å². The summed E-state index contributed by atoms with van der Waals surface area (Å²) in [5, 5.41) is 4.60. The zero-order valence-corrected chi connectivity index (χ0v) is 12.1. The standard InChI is InChI=1S/C18H19FN2/c1-2-20-12-16-7-4-6-15-9-10-21(18(15)16)13-14-5-3-8-17(19)11-14/h3-11,20H,2,12-13H2,1H3. The van der Waals surface area contributed by atoms with E-state index in [2.05, 4.69) is 47.3 Å². The Morgan fingerprint density at radius 3 is 2.76 bits per heavy atom. The molecular weight excluding hydrogens is 263 g/mol. The number of benzene rings is 2. The molecule has 1 heterocycles. The molecule has 3 heteroatoms. The van der Waals surface area contributed by atoms with Crippen LogP contribution < -0.4 is 5.32 Å². The van der Waals surface area contributed by atoms with Crippen LogP contribution in [-0.2, 0) is 13.1 Å². The molecule has 0 saturated carbocycles. The van der Waals surface area contributed by atoms with Crippen molar-refractivity contribution in [2.24, 2.45) is 0 Å². The maximum atomic E-state index is 13.3. The lowest BCUT2D eigenvalue weighted by Gasteiger charge is -2.10. The number of para-hydroxylation sites is 1. The van der Waals surface area contributed by atoms with Gasteiger partial charge in [0.05, 0.1) is 5.52 Å². The zero-order valence-electron chi connectivity index (χ0n) is 12.1. The number of hydrogen-bond acceptors (Lipinski definition) is 1. The van der Waals surface area contributed by atoms with Gasteiger partial charge in [0.25, 0.3) is 0 Å². The number of fused-ring (bicyclic) bond motifs is 1. The van der Waals surface area contributed by atoms with Gasteiger partial charge in [-0.3, -0.25) is 0 Å². The van der Waals surface area contributed by atoms with Crippen molar-refractivity contribution in [3.63, 3.8) is 0 Å². The maximum absolute atomic E-state index is 13.3. The Balaban J connectivity index is 1.98. The van der Waals surface area contributed by atoms with E-state index in [0.717, 1.165) is 18.7 Å². The predicted octanol–water partition coefficient (Wildman–Crippen LogP) is 3.94. The quantitative estimate of drug-likeness (QED) is 0.750. The Bertz CT molecular complexity index is 746. The summed E-state index contributed by atoms with van der Waals surface area (Å²) in [6.07, 6.45) is 2.07. The van der Waals surface area contributed by atoms with Crippen molar-refractivity contribution >= 4 is 10.9 Å². The molecule has 0 aliphatic rings. The van der Waals surface area contributed by atoms with Gasteiger partial charge in [0, 0.05) is 19.3 Å². The van der Waals surface area contributed by atoms with Gasteiger partial charge in [-0.1, -0.05) is 37.3 Å². The largest absolute Gasteiger partial charge is 0.343 e. The Kier molecular flexibility index (Phi) is 4.02. The van der Waals surface area contributed by atoms with Crippen molar-refractivity contribution in [3.8, 4) is 0 Å². The first-order chi connectivity index (χ1) is 10.3. The van der Waals surface area contributed by atoms with Gasteiger partial charge in [-0.15, -0.1) is 0 Å². The molecule has 0 radical (unpaired) electrons. The fraction of sp³-hybridized carbons (Fsp3) is 0.222. The normalized spacial score (nSPS) is 11.1. The molecule has 0 saturated heterocycles. The summed E-state index contributed by atoms with van der Waals surface area (Å²) in [6, 6.07) is 15.3. The lowest BCUT2D eigenvalue weighted by molar-refractivity contribution is 0.624. The minimum Gasteiger partial charge on any atom is -0.343 e. The second kappa shape index (κ2) is 6.10. The van der Waals surface area contributed by atoms with Gasteiger partial charge in [0.2, 0.25) is 0 Å². The Labute approximate surface area is 124 Å². The average molecular weight is 282 g/mol. The van der Waals surface area contributed by atoms with Crippen molar-refractivity contribution in [1.82, 2.24) is 9.88 Å². The number of rotatable bonds is 5. The number of nitrogens with one attached hydrogen (secondary N) is 1. The monoisotopic (exact) mass is 282 g/mol. The Morgan fingerprint density at radius 2 is 1.95 bits per heavy atom. The van der Waals surface area contributed by atoms with Crippen LogP contribution in [0, 0.1) is 5.82 Å². The van der Waals surface area contributed by atoms with E-state index in [1.807, 2.05) is 6.07 Å². The van der Waals surface area contributed by atoms with E-state index in [4.69, 9.17) is 0 Å². The molecule has 2 nitrogen and oxygen atoms in total. The van der Waals surface area contributed by atoms with Gasteiger partial charge >= 0.3 is 0 Å². The first-order valence-corrected chi connectivity index (χ1v) is 7.30. The minimum atomic E-state index is -0.183. The van der Waals surface area contributed by atoms with E-state index in [9.17, 15) is 4.39 Å². The third-order valence-corrected chi connectivity index (χ3v) is 3.68. The molecular formula is C18H19FN2. The highest BCUT2D eigenvalue weighted by Gasteiger charge is 2.07. The molecule has 3 aromatic rings. The number of hydrogen-bond donors (Lipinski definition) is 1. The van der Waals surface area contributed by atoms with Crippen LogP contribution in [0.25, 0.3) is 10.9 Å². The van der Waals surface area contributed by atoms with E-state index in [-0.39, 0.29) is 5.82 Å². The lowest BCUT2D eigenvalue weighted by atomic mass is 10.1. The van der Waals surface area contributed by atoms with Crippen LogP contribution in [-0.4, -0.2) is 11.1 Å². The summed E-state index contributed by atoms with van der Waals surface area (Å²) in [7, 11) is 0. The highest BCUT2D eigenvalue weighted by Crippen LogP contribution is 2.21. The molecule has 0 aliphatic heterocycles. The minimum absolute atomic E-state index is 0.183. The summed E-state index contributed by atoms with van der Waals surface area (Å²) in [6.45, 7) is 4.58. The molecule has 3 rings (SSSR count). The lowest BCUT2D eigenvalue weighted by Crippen LogP contribution is -2.13. The van der Waals surface area contributed by atoms with Gasteiger partial charge in [0.1, 0.15) is 5.82 Å². The van der Waals surface area contributed by atoms with E-state index >= 15 is 0 Å². The van der Waals surface area contributed by atoms with Crippen LogP contribution in [0.15, 0.2) is 54.7 Å². The maximum Gasteiger partial charge on any atom is 0.123 e. The third kappa shape index (κ3) is 2.98. The second-order valence-electron chi connectivity index (χ2n) is 5.21. The van der Waals surface area contributed by atoms with Crippen molar-refractivity contribution < 1.29 is 4.39 Å². The SMILES string of the molecule is CCNCc1cccc2ccn(Cc3cccc(F)c3)c12. The summed E-state index contributed by atoms with van der Waals surface area (Å²) < 4.78 is 15.5. The highest BCUT2D eigenvalue weighted by atomic mass is 19.1. The van der Waals surface area contributed by atoms with Crippen LogP contribution in [0.5, 0.6) is 0 Å². The van der Waals surface area contributed by atoms with Gasteiger partial charge in [0.15, 0.2) is 0 Å². The highest BCUT2D eigenvalue weighted by molar-refractivity contribution is 5.83. The van der Waals surface area contributed by atoms with Gasteiger partial charge in [-0.2, -0.15) is 0 Å². The van der Waals surface area contributed by atoms with E-state index in [0.29, 0.717) is 6.54 Å². The molecule has 2 aromatic carbocycles. The van der Waals surface area contributed by atoms with Crippen LogP contribution in [0.3, 0.4) is 0 Å². The molecule has 0 aliphatic carbocycles. The van der Waals surface area contributed by atoms with Crippen molar-refractivity contribution in [2.75, 3.05) is 6.54 Å². The zero-order chi connectivity index (χ0) is 14.7. The summed E-state index contributed by atoms with van der Waals surface area (Å²) in [4.78, 5) is 0.